The number of imide groups is 1. The van der Waals surface area contributed by atoms with Crippen LogP contribution in [0.2, 0.25) is 0 Å². The van der Waals surface area contributed by atoms with Crippen molar-refractivity contribution >= 4 is 34.7 Å². The van der Waals surface area contributed by atoms with Crippen molar-refractivity contribution in [2.45, 2.75) is 33.8 Å². The second kappa shape index (κ2) is 9.18. The first-order valence-corrected chi connectivity index (χ1v) is 10.4. The van der Waals surface area contributed by atoms with Gasteiger partial charge in [0, 0.05) is 11.3 Å². The van der Waals surface area contributed by atoms with Crippen molar-refractivity contribution in [3.63, 3.8) is 0 Å². The van der Waals surface area contributed by atoms with Gasteiger partial charge in [-0.05, 0) is 52.0 Å². The quantitative estimate of drug-likeness (QED) is 0.419. The Hall–Kier alpha value is -4.47. The molecule has 4 rings (SSSR count). The fourth-order valence-electron chi connectivity index (χ4n) is 3.45. The maximum Gasteiger partial charge on any atom is 0.339 e. The summed E-state index contributed by atoms with van der Waals surface area (Å²) in [6.45, 7) is 6.62. The Morgan fingerprint density at radius 3 is 2.47 bits per heavy atom. The number of pyridine rings is 1. The smallest absolute Gasteiger partial charge is 0.339 e. The van der Waals surface area contributed by atoms with Crippen molar-refractivity contribution in [3.8, 4) is 11.3 Å². The molecule has 3 heterocycles. The van der Waals surface area contributed by atoms with Crippen molar-refractivity contribution in [1.82, 2.24) is 15.5 Å². The molecule has 3 amide bonds. The zero-order chi connectivity index (χ0) is 24.4. The molecule has 0 saturated carbocycles. The van der Waals surface area contributed by atoms with Gasteiger partial charge in [0.2, 0.25) is 0 Å². The molecule has 4 aromatic rings. The number of esters is 1. The van der Waals surface area contributed by atoms with Crippen LogP contribution >= 0.6 is 0 Å². The summed E-state index contributed by atoms with van der Waals surface area (Å²) < 4.78 is 16.2. The zero-order valence-corrected chi connectivity index (χ0v) is 19.0. The highest BCUT2D eigenvalue weighted by Gasteiger charge is 2.26. The van der Waals surface area contributed by atoms with Crippen molar-refractivity contribution in [3.05, 3.63) is 65.2 Å². The number of hydrogen-bond acceptors (Lipinski definition) is 8. The normalized spacial score (nSPS) is 11.8. The van der Waals surface area contributed by atoms with E-state index < -0.39 is 24.0 Å². The van der Waals surface area contributed by atoms with Crippen LogP contribution in [0, 0.1) is 20.8 Å². The number of benzene rings is 1. The number of furan rings is 1. The minimum atomic E-state index is -1.25. The number of anilines is 1. The molecular formula is C24H22N4O6. The average Bonchev–Trinajstić information content (AvgIpc) is 3.34. The number of ether oxygens (including phenoxy) is 1. The molecule has 1 aromatic carbocycles. The van der Waals surface area contributed by atoms with Gasteiger partial charge in [-0.2, -0.15) is 0 Å². The molecule has 0 radical (unpaired) electrons. The van der Waals surface area contributed by atoms with Gasteiger partial charge in [0.25, 0.3) is 11.6 Å². The second-order valence-electron chi connectivity index (χ2n) is 7.69. The number of rotatable bonds is 5. The van der Waals surface area contributed by atoms with Gasteiger partial charge in [-0.3, -0.25) is 10.1 Å². The number of para-hydroxylation sites is 1. The van der Waals surface area contributed by atoms with Gasteiger partial charge in [-0.1, -0.05) is 23.4 Å². The number of carbonyl (C=O) groups is 3. The molecule has 0 aliphatic carbocycles. The van der Waals surface area contributed by atoms with E-state index in [4.69, 9.17) is 13.7 Å². The van der Waals surface area contributed by atoms with Crippen molar-refractivity contribution < 1.29 is 28.1 Å². The van der Waals surface area contributed by atoms with Gasteiger partial charge in [0.05, 0.1) is 22.3 Å². The minimum absolute atomic E-state index is 0.130. The molecule has 174 valence electrons. The molecule has 0 saturated heterocycles. The van der Waals surface area contributed by atoms with Gasteiger partial charge in [-0.25, -0.2) is 14.6 Å². The maximum atomic E-state index is 13.1. The summed E-state index contributed by atoms with van der Waals surface area (Å²) in [6.07, 6.45) is -1.25. The molecule has 0 fully saturated rings. The molecular weight excluding hydrogens is 440 g/mol. The number of hydrogen-bond donors (Lipinski definition) is 2. The molecule has 10 nitrogen and oxygen atoms in total. The lowest BCUT2D eigenvalue weighted by atomic mass is 10.1. The van der Waals surface area contributed by atoms with E-state index in [-0.39, 0.29) is 11.3 Å². The van der Waals surface area contributed by atoms with Gasteiger partial charge in [0.1, 0.15) is 11.5 Å². The van der Waals surface area contributed by atoms with Crippen molar-refractivity contribution in [1.29, 1.82) is 0 Å². The molecule has 2 N–H and O–H groups in total. The first kappa shape index (κ1) is 22.7. The third kappa shape index (κ3) is 4.65. The Kier molecular flexibility index (Phi) is 6.13. The van der Waals surface area contributed by atoms with E-state index in [1.807, 2.05) is 0 Å². The molecule has 0 spiro atoms. The first-order chi connectivity index (χ1) is 16.2. The standard InChI is InChI=1S/C24H22N4O6/c1-12-10-17(14(3)32-12)19-11-18(20-13(2)28-34-22(20)26-19)23(30)33-15(4)21(29)27-24(31)25-16-8-6-5-7-9-16/h5-11,15H,1-4H3,(H2,25,27,29,31). The lowest BCUT2D eigenvalue weighted by molar-refractivity contribution is -0.127. The molecule has 1 atom stereocenters. The van der Waals surface area contributed by atoms with Crippen LogP contribution in [0.25, 0.3) is 22.4 Å². The predicted octanol–water partition coefficient (Wildman–Crippen LogP) is 4.30. The third-order valence-electron chi connectivity index (χ3n) is 5.08. The van der Waals surface area contributed by atoms with E-state index >= 15 is 0 Å². The van der Waals surface area contributed by atoms with Gasteiger partial charge >= 0.3 is 12.0 Å². The summed E-state index contributed by atoms with van der Waals surface area (Å²) in [5.41, 5.74) is 2.36. The summed E-state index contributed by atoms with van der Waals surface area (Å²) in [6, 6.07) is 11.2. The number of aryl methyl sites for hydroxylation is 3. The van der Waals surface area contributed by atoms with Gasteiger partial charge in [0.15, 0.2) is 6.10 Å². The van der Waals surface area contributed by atoms with E-state index in [2.05, 4.69) is 20.8 Å². The number of amides is 3. The highest BCUT2D eigenvalue weighted by Crippen LogP contribution is 2.31. The molecule has 34 heavy (non-hydrogen) atoms. The fourth-order valence-corrected chi connectivity index (χ4v) is 3.45. The largest absolute Gasteiger partial charge is 0.466 e. The first-order valence-electron chi connectivity index (χ1n) is 10.4. The third-order valence-corrected chi connectivity index (χ3v) is 5.08. The zero-order valence-electron chi connectivity index (χ0n) is 19.0. The van der Waals surface area contributed by atoms with E-state index in [1.54, 1.807) is 63.2 Å². The SMILES string of the molecule is Cc1cc(-c2cc(C(=O)OC(C)C(=O)NC(=O)Nc3ccccc3)c3c(C)noc3n2)c(C)o1. The van der Waals surface area contributed by atoms with Crippen LogP contribution < -0.4 is 10.6 Å². The van der Waals surface area contributed by atoms with E-state index in [1.165, 1.54) is 6.92 Å². The Bertz CT molecular complexity index is 1390. The van der Waals surface area contributed by atoms with E-state index in [0.29, 0.717) is 39.5 Å². The number of fused-ring (bicyclic) bond motifs is 1. The molecule has 3 aromatic heterocycles. The number of nitrogens with zero attached hydrogens (tertiary/aromatic N) is 2. The van der Waals surface area contributed by atoms with Crippen LogP contribution in [-0.2, 0) is 9.53 Å². The van der Waals surface area contributed by atoms with Gasteiger partial charge < -0.3 is 19.0 Å². The topological polar surface area (TPSA) is 137 Å². The lowest BCUT2D eigenvalue weighted by Gasteiger charge is -2.14. The fraction of sp³-hybridized carbons (Fsp3) is 0.208. The van der Waals surface area contributed by atoms with Crippen LogP contribution in [-0.4, -0.2) is 34.2 Å². The van der Waals surface area contributed by atoms with E-state index in [9.17, 15) is 14.4 Å². The summed E-state index contributed by atoms with van der Waals surface area (Å²) in [5.74, 6) is -0.261. The molecule has 10 heteroatoms. The second-order valence-corrected chi connectivity index (χ2v) is 7.69. The number of nitrogens with one attached hydrogen (secondary N) is 2. The van der Waals surface area contributed by atoms with Gasteiger partial charge in [-0.15, -0.1) is 0 Å². The number of carbonyl (C=O) groups excluding carboxylic acids is 3. The Morgan fingerprint density at radius 2 is 1.79 bits per heavy atom. The monoisotopic (exact) mass is 462 g/mol. The predicted molar refractivity (Wildman–Crippen MR) is 122 cm³/mol. The average molecular weight is 462 g/mol. The van der Waals surface area contributed by atoms with Crippen molar-refractivity contribution in [2.24, 2.45) is 0 Å². The number of urea groups is 1. The molecule has 0 aliphatic heterocycles. The minimum Gasteiger partial charge on any atom is -0.466 e. The Labute approximate surface area is 194 Å². The highest BCUT2D eigenvalue weighted by atomic mass is 16.5. The lowest BCUT2D eigenvalue weighted by Crippen LogP contribution is -2.41. The Balaban J connectivity index is 1.54. The number of aromatic nitrogens is 2. The molecule has 0 bridgehead atoms. The van der Waals surface area contributed by atoms with Crippen molar-refractivity contribution in [2.75, 3.05) is 5.32 Å². The summed E-state index contributed by atoms with van der Waals surface area (Å²) in [7, 11) is 0. The van der Waals surface area contributed by atoms with Crippen LogP contribution in [0.4, 0.5) is 10.5 Å². The van der Waals surface area contributed by atoms with Crippen LogP contribution in [0.5, 0.6) is 0 Å². The summed E-state index contributed by atoms with van der Waals surface area (Å²) in [5, 5.41) is 8.95. The van der Waals surface area contributed by atoms with Crippen LogP contribution in [0.15, 0.2) is 51.4 Å². The molecule has 0 aliphatic rings. The van der Waals surface area contributed by atoms with Crippen LogP contribution in [0.1, 0.15) is 34.5 Å². The summed E-state index contributed by atoms with van der Waals surface area (Å²) in [4.78, 5) is 42.0. The molecule has 1 unspecified atom stereocenters. The van der Waals surface area contributed by atoms with Crippen LogP contribution in [0.3, 0.4) is 0 Å². The van der Waals surface area contributed by atoms with E-state index in [0.717, 1.165) is 0 Å². The highest BCUT2D eigenvalue weighted by molar-refractivity contribution is 6.06. The maximum absolute atomic E-state index is 13.1. The Morgan fingerprint density at radius 1 is 1.06 bits per heavy atom. The summed E-state index contributed by atoms with van der Waals surface area (Å²) >= 11 is 0.